The van der Waals surface area contributed by atoms with E-state index in [1.54, 1.807) is 6.92 Å². The largest absolute Gasteiger partial charge is 0.502 e. The highest BCUT2D eigenvalue weighted by atomic mass is 32.2. The average molecular weight is 209 g/mol. The molecule has 0 bridgehead atoms. The van der Waals surface area contributed by atoms with Crippen LogP contribution in [0.4, 0.5) is 0 Å². The Morgan fingerprint density at radius 2 is 1.92 bits per heavy atom. The number of aliphatic hydroxyl groups is 1. The Morgan fingerprint density at radius 3 is 2.15 bits per heavy atom. The summed E-state index contributed by atoms with van der Waals surface area (Å²) in [6, 6.07) is 0. The molecule has 4 N–H and O–H groups in total. The number of primary amides is 1. The van der Waals surface area contributed by atoms with E-state index < -0.39 is 26.7 Å². The van der Waals surface area contributed by atoms with Crippen LogP contribution in [0.25, 0.3) is 0 Å². The lowest BCUT2D eigenvalue weighted by molar-refractivity contribution is -0.117. The molecule has 13 heavy (non-hydrogen) atoms. The Bertz CT molecular complexity index is 329. The maximum absolute atomic E-state index is 10.6. The molecule has 0 aromatic heterocycles. The third-order valence-electron chi connectivity index (χ3n) is 1.29. The van der Waals surface area contributed by atoms with E-state index in [9.17, 15) is 13.2 Å². The van der Waals surface area contributed by atoms with Crippen LogP contribution in [-0.2, 0) is 14.9 Å². The van der Waals surface area contributed by atoms with Gasteiger partial charge >= 0.3 is 0 Å². The van der Waals surface area contributed by atoms with Crippen molar-refractivity contribution in [1.29, 1.82) is 0 Å². The molecule has 0 fully saturated rings. The van der Waals surface area contributed by atoms with Gasteiger partial charge in [0.25, 0.3) is 16.0 Å². The van der Waals surface area contributed by atoms with E-state index in [1.165, 1.54) is 0 Å². The minimum absolute atomic E-state index is 0.131. The van der Waals surface area contributed by atoms with E-state index in [4.69, 9.17) is 9.66 Å². The Hall–Kier alpha value is -1.08. The molecular weight excluding hydrogens is 198 g/mol. The van der Waals surface area contributed by atoms with Crippen molar-refractivity contribution in [2.75, 3.05) is 0 Å². The van der Waals surface area contributed by atoms with Crippen molar-refractivity contribution >= 4 is 16.0 Å². The highest BCUT2D eigenvalue weighted by Gasteiger charge is 2.21. The van der Waals surface area contributed by atoms with Gasteiger partial charge < -0.3 is 10.8 Å². The van der Waals surface area contributed by atoms with E-state index in [2.05, 4.69) is 5.73 Å². The topological polar surface area (TPSA) is 118 Å². The van der Waals surface area contributed by atoms with E-state index in [0.29, 0.717) is 6.42 Å². The number of allylic oxidation sites excluding steroid dienone is 1. The highest BCUT2D eigenvalue weighted by molar-refractivity contribution is 7.89. The molecule has 0 atom stereocenters. The summed E-state index contributed by atoms with van der Waals surface area (Å²) >= 11 is 0. The fraction of sp³-hybridized carbons (Fsp3) is 0.500. The molecule has 0 radical (unpaired) electrons. The van der Waals surface area contributed by atoms with Crippen molar-refractivity contribution < 1.29 is 22.9 Å². The fourth-order valence-corrected chi connectivity index (χ4v) is 1.54. The van der Waals surface area contributed by atoms with Crippen LogP contribution in [0.2, 0.25) is 0 Å². The number of hydrogen-bond acceptors (Lipinski definition) is 4. The van der Waals surface area contributed by atoms with Gasteiger partial charge in [-0.2, -0.15) is 8.42 Å². The Kier molecular flexibility index (Phi) is 3.89. The molecule has 0 aliphatic carbocycles. The van der Waals surface area contributed by atoms with E-state index in [0.717, 1.165) is 0 Å². The zero-order valence-corrected chi connectivity index (χ0v) is 7.84. The molecule has 7 heteroatoms. The fourth-order valence-electron chi connectivity index (χ4n) is 0.734. The summed E-state index contributed by atoms with van der Waals surface area (Å²) in [5.41, 5.74) is 4.64. The maximum Gasteiger partial charge on any atom is 0.294 e. The lowest BCUT2D eigenvalue weighted by Gasteiger charge is -2.03. The summed E-state index contributed by atoms with van der Waals surface area (Å²) in [5, 5.41) is 8.92. The van der Waals surface area contributed by atoms with Gasteiger partial charge in [0.2, 0.25) is 0 Å². The van der Waals surface area contributed by atoms with Gasteiger partial charge in [0, 0.05) is 0 Å². The molecule has 0 saturated carbocycles. The number of rotatable bonds is 4. The predicted molar refractivity (Wildman–Crippen MR) is 45.3 cm³/mol. The van der Waals surface area contributed by atoms with Crippen molar-refractivity contribution in [2.24, 2.45) is 5.73 Å². The number of carbonyl (C=O) groups is 1. The summed E-state index contributed by atoms with van der Waals surface area (Å²) in [5.74, 6) is -2.38. The van der Waals surface area contributed by atoms with Crippen molar-refractivity contribution in [2.45, 2.75) is 19.8 Å². The van der Waals surface area contributed by atoms with Crippen LogP contribution in [0.15, 0.2) is 10.7 Å². The number of carbonyl (C=O) groups excluding carboxylic acids is 1. The quantitative estimate of drug-likeness (QED) is 0.340. The van der Waals surface area contributed by atoms with E-state index >= 15 is 0 Å². The first kappa shape index (κ1) is 11.9. The smallest absolute Gasteiger partial charge is 0.294 e. The highest BCUT2D eigenvalue weighted by Crippen LogP contribution is 2.15. The number of nitrogens with two attached hydrogens (primary N) is 1. The maximum atomic E-state index is 10.6. The van der Waals surface area contributed by atoms with E-state index in [1.807, 2.05) is 0 Å². The lowest BCUT2D eigenvalue weighted by Crippen LogP contribution is -2.18. The molecule has 0 rings (SSSR count). The Balaban J connectivity index is 5.26. The van der Waals surface area contributed by atoms with Gasteiger partial charge in [-0.1, -0.05) is 13.3 Å². The van der Waals surface area contributed by atoms with Crippen molar-refractivity contribution in [3.05, 3.63) is 10.7 Å². The minimum Gasteiger partial charge on any atom is -0.502 e. The molecule has 0 aromatic rings. The predicted octanol–water partition coefficient (Wildman–Crippen LogP) is -0.0708. The van der Waals surface area contributed by atoms with Gasteiger partial charge in [-0.25, -0.2) is 0 Å². The number of aliphatic hydroxyl groups excluding tert-OH is 1. The van der Waals surface area contributed by atoms with Gasteiger partial charge in [-0.15, -0.1) is 0 Å². The van der Waals surface area contributed by atoms with Crippen LogP contribution in [0.5, 0.6) is 0 Å². The van der Waals surface area contributed by atoms with Gasteiger partial charge in [0.1, 0.15) is 4.91 Å². The summed E-state index contributed by atoms with van der Waals surface area (Å²) in [6.07, 6.45) is 0.222. The normalized spacial score (nSPS) is 13.7. The first-order valence-electron chi connectivity index (χ1n) is 3.50. The molecular formula is C6H11NO5S. The summed E-state index contributed by atoms with van der Waals surface area (Å²) < 4.78 is 29.8. The monoisotopic (exact) mass is 209 g/mol. The van der Waals surface area contributed by atoms with Crippen LogP contribution < -0.4 is 5.73 Å². The average Bonchev–Trinajstić information content (AvgIpc) is 1.96. The van der Waals surface area contributed by atoms with Crippen LogP contribution in [0.3, 0.4) is 0 Å². The third kappa shape index (κ3) is 3.43. The van der Waals surface area contributed by atoms with Gasteiger partial charge in [-0.05, 0) is 6.42 Å². The van der Waals surface area contributed by atoms with Crippen molar-refractivity contribution in [1.82, 2.24) is 0 Å². The Labute approximate surface area is 75.8 Å². The first-order valence-corrected chi connectivity index (χ1v) is 4.94. The molecule has 0 aromatic carbocycles. The molecule has 0 heterocycles. The third-order valence-corrected chi connectivity index (χ3v) is 2.31. The second-order valence-electron chi connectivity index (χ2n) is 2.36. The molecule has 0 unspecified atom stereocenters. The van der Waals surface area contributed by atoms with Crippen LogP contribution in [0, 0.1) is 0 Å². The number of amides is 1. The van der Waals surface area contributed by atoms with Crippen molar-refractivity contribution in [3.63, 3.8) is 0 Å². The van der Waals surface area contributed by atoms with Crippen LogP contribution in [-0.4, -0.2) is 24.0 Å². The molecule has 0 spiro atoms. The summed E-state index contributed by atoms with van der Waals surface area (Å²) in [7, 11) is -4.54. The first-order chi connectivity index (χ1) is 5.80. The molecule has 0 aliphatic heterocycles. The zero-order chi connectivity index (χ0) is 10.6. The molecule has 0 saturated heterocycles. The van der Waals surface area contributed by atoms with Crippen LogP contribution in [0.1, 0.15) is 19.8 Å². The molecule has 1 amide bonds. The standard InChI is InChI=1S/C6H11NO5S/c1-2-3-4(13(10,11)12)5(8)6(7)9/h8H,2-3H2,1H3,(H2,7,9)(H,10,11,12)/b5-4-. The molecule has 6 nitrogen and oxygen atoms in total. The van der Waals surface area contributed by atoms with Crippen LogP contribution >= 0.6 is 0 Å². The second-order valence-corrected chi connectivity index (χ2v) is 3.80. The van der Waals surface area contributed by atoms with Gasteiger partial charge in [0.15, 0.2) is 5.76 Å². The molecule has 0 aliphatic rings. The lowest BCUT2D eigenvalue weighted by atomic mass is 10.3. The molecule has 76 valence electrons. The minimum atomic E-state index is -4.54. The Morgan fingerprint density at radius 1 is 1.46 bits per heavy atom. The van der Waals surface area contributed by atoms with Crippen molar-refractivity contribution in [3.8, 4) is 0 Å². The summed E-state index contributed by atoms with van der Waals surface area (Å²) in [6.45, 7) is 1.62. The number of hydrogen-bond donors (Lipinski definition) is 3. The summed E-state index contributed by atoms with van der Waals surface area (Å²) in [4.78, 5) is 9.67. The van der Waals surface area contributed by atoms with E-state index in [-0.39, 0.29) is 6.42 Å². The van der Waals surface area contributed by atoms with Gasteiger partial charge in [-0.3, -0.25) is 9.35 Å². The zero-order valence-electron chi connectivity index (χ0n) is 7.02. The van der Waals surface area contributed by atoms with Gasteiger partial charge in [0.05, 0.1) is 0 Å². The SMILES string of the molecule is CCC/C(=C(/O)C(N)=O)S(=O)(=O)O. The second kappa shape index (κ2) is 4.24.